The average Bonchev–Trinajstić information content (AvgIpc) is 2.95. The van der Waals surface area contributed by atoms with Gasteiger partial charge in [0.25, 0.3) is 0 Å². The molecule has 1 aromatic rings. The van der Waals surface area contributed by atoms with Crippen molar-refractivity contribution in [3.8, 4) is 5.75 Å². The van der Waals surface area contributed by atoms with Crippen LogP contribution in [0, 0.1) is 5.92 Å². The van der Waals surface area contributed by atoms with Crippen LogP contribution >= 0.6 is 0 Å². The van der Waals surface area contributed by atoms with Crippen molar-refractivity contribution >= 4 is 0 Å². The molecule has 1 aliphatic carbocycles. The van der Waals surface area contributed by atoms with Gasteiger partial charge in [0.05, 0.1) is 0 Å². The van der Waals surface area contributed by atoms with Crippen LogP contribution in [-0.4, -0.2) is 12.9 Å². The minimum Gasteiger partial charge on any atom is -0.405 e. The van der Waals surface area contributed by atoms with Gasteiger partial charge in [-0.15, -0.1) is 13.2 Å². The summed E-state index contributed by atoms with van der Waals surface area (Å²) in [5.41, 5.74) is 6.08. The third-order valence-electron chi connectivity index (χ3n) is 2.77. The maximum atomic E-state index is 12.1. The molecule has 0 aromatic heterocycles. The Bertz CT molecular complexity index is 378. The lowest BCUT2D eigenvalue weighted by molar-refractivity contribution is -0.274. The molecule has 0 unspecified atom stereocenters. The number of ether oxygens (including phenoxy) is 1. The van der Waals surface area contributed by atoms with Crippen molar-refractivity contribution in [1.29, 1.82) is 0 Å². The lowest BCUT2D eigenvalue weighted by Gasteiger charge is -2.12. The summed E-state index contributed by atoms with van der Waals surface area (Å²) >= 11 is 0. The largest absolute Gasteiger partial charge is 0.573 e. The standard InChI is InChI=1S/C11H12F3NO/c12-11(13,14)16-10-4-2-1-3-8(10)9-5-7(9)6-15/h1-4,7,9H,5-6,15H2/t7-,9+/m0/s1. The first kappa shape index (κ1) is 11.3. The fourth-order valence-electron chi connectivity index (χ4n) is 1.89. The maximum Gasteiger partial charge on any atom is 0.573 e. The lowest BCUT2D eigenvalue weighted by Crippen LogP contribution is -2.18. The molecule has 16 heavy (non-hydrogen) atoms. The number of alkyl halides is 3. The third kappa shape index (κ3) is 2.47. The van der Waals surface area contributed by atoms with E-state index < -0.39 is 6.36 Å². The fourth-order valence-corrected chi connectivity index (χ4v) is 1.89. The SMILES string of the molecule is NC[C@@H]1C[C@H]1c1ccccc1OC(F)(F)F. The van der Waals surface area contributed by atoms with Crippen molar-refractivity contribution < 1.29 is 17.9 Å². The summed E-state index contributed by atoms with van der Waals surface area (Å²) in [6.07, 6.45) is -3.79. The predicted molar refractivity (Wildman–Crippen MR) is 53.0 cm³/mol. The number of halogens is 3. The quantitative estimate of drug-likeness (QED) is 0.867. The summed E-state index contributed by atoms with van der Waals surface area (Å²) in [7, 11) is 0. The molecule has 2 rings (SSSR count). The first-order chi connectivity index (χ1) is 7.51. The van der Waals surface area contributed by atoms with E-state index in [9.17, 15) is 13.2 Å². The first-order valence-corrected chi connectivity index (χ1v) is 5.06. The Balaban J connectivity index is 2.19. The molecule has 2 N–H and O–H groups in total. The summed E-state index contributed by atoms with van der Waals surface area (Å²) in [6, 6.07) is 6.25. The van der Waals surface area contributed by atoms with E-state index >= 15 is 0 Å². The first-order valence-electron chi connectivity index (χ1n) is 5.06. The highest BCUT2D eigenvalue weighted by Gasteiger charge is 2.40. The van der Waals surface area contributed by atoms with Gasteiger partial charge in [-0.3, -0.25) is 0 Å². The molecule has 0 saturated heterocycles. The van der Waals surface area contributed by atoms with Crippen LogP contribution in [-0.2, 0) is 0 Å². The summed E-state index contributed by atoms with van der Waals surface area (Å²) in [6.45, 7) is 0.505. The zero-order valence-corrected chi connectivity index (χ0v) is 8.50. The number of hydrogen-bond donors (Lipinski definition) is 1. The molecule has 1 saturated carbocycles. The van der Waals surface area contributed by atoms with Gasteiger partial charge in [0, 0.05) is 0 Å². The zero-order chi connectivity index (χ0) is 11.8. The predicted octanol–water partition coefficient (Wildman–Crippen LogP) is 2.65. The van der Waals surface area contributed by atoms with E-state index in [0.717, 1.165) is 6.42 Å². The molecule has 1 aliphatic rings. The van der Waals surface area contributed by atoms with Gasteiger partial charge in [0.1, 0.15) is 5.75 Å². The van der Waals surface area contributed by atoms with Gasteiger partial charge in [-0.2, -0.15) is 0 Å². The topological polar surface area (TPSA) is 35.2 Å². The van der Waals surface area contributed by atoms with E-state index in [1.54, 1.807) is 12.1 Å². The van der Waals surface area contributed by atoms with E-state index in [-0.39, 0.29) is 17.6 Å². The Labute approximate surface area is 91.2 Å². The summed E-state index contributed by atoms with van der Waals surface area (Å²) in [5, 5.41) is 0. The molecule has 0 bridgehead atoms. The van der Waals surface area contributed by atoms with Crippen molar-refractivity contribution in [1.82, 2.24) is 0 Å². The van der Waals surface area contributed by atoms with Crippen molar-refractivity contribution in [3.63, 3.8) is 0 Å². The van der Waals surface area contributed by atoms with Crippen LogP contribution in [0.2, 0.25) is 0 Å². The molecule has 5 heteroatoms. The number of benzene rings is 1. The van der Waals surface area contributed by atoms with Crippen LogP contribution in [0.5, 0.6) is 5.75 Å². The molecule has 0 aliphatic heterocycles. The van der Waals surface area contributed by atoms with Crippen molar-refractivity contribution in [2.24, 2.45) is 11.7 Å². The Morgan fingerprint density at radius 1 is 1.31 bits per heavy atom. The second-order valence-corrected chi connectivity index (χ2v) is 3.92. The van der Waals surface area contributed by atoms with E-state index in [1.807, 2.05) is 0 Å². The minimum atomic E-state index is -4.64. The smallest absolute Gasteiger partial charge is 0.405 e. The van der Waals surface area contributed by atoms with Gasteiger partial charge in [-0.1, -0.05) is 18.2 Å². The number of nitrogens with two attached hydrogens (primary N) is 1. The van der Waals surface area contributed by atoms with Gasteiger partial charge in [-0.25, -0.2) is 0 Å². The van der Waals surface area contributed by atoms with Crippen molar-refractivity contribution in [2.45, 2.75) is 18.7 Å². The molecule has 0 spiro atoms. The summed E-state index contributed by atoms with van der Waals surface area (Å²) in [5.74, 6) is 0.303. The second-order valence-electron chi connectivity index (χ2n) is 3.92. The van der Waals surface area contributed by atoms with E-state index in [2.05, 4.69) is 4.74 Å². The monoisotopic (exact) mass is 231 g/mol. The molecule has 2 nitrogen and oxygen atoms in total. The van der Waals surface area contributed by atoms with Gasteiger partial charge >= 0.3 is 6.36 Å². The molecule has 1 aromatic carbocycles. The van der Waals surface area contributed by atoms with Crippen LogP contribution in [0.4, 0.5) is 13.2 Å². The highest BCUT2D eigenvalue weighted by molar-refractivity contribution is 5.39. The highest BCUT2D eigenvalue weighted by Crippen LogP contribution is 2.50. The van der Waals surface area contributed by atoms with E-state index in [4.69, 9.17) is 5.73 Å². The second kappa shape index (κ2) is 3.97. The van der Waals surface area contributed by atoms with Crippen molar-refractivity contribution in [3.05, 3.63) is 29.8 Å². The van der Waals surface area contributed by atoms with Crippen LogP contribution in [0.1, 0.15) is 17.9 Å². The van der Waals surface area contributed by atoms with Crippen molar-refractivity contribution in [2.75, 3.05) is 6.54 Å². The van der Waals surface area contributed by atoms with Crippen LogP contribution in [0.3, 0.4) is 0 Å². The van der Waals surface area contributed by atoms with E-state index in [1.165, 1.54) is 12.1 Å². The lowest BCUT2D eigenvalue weighted by atomic mass is 10.1. The molecule has 88 valence electrons. The van der Waals surface area contributed by atoms with Crippen LogP contribution in [0.15, 0.2) is 24.3 Å². The Kier molecular flexibility index (Phi) is 2.80. The molecule has 1 fully saturated rings. The van der Waals surface area contributed by atoms with Gasteiger partial charge in [0.15, 0.2) is 0 Å². The molecule has 2 atom stereocenters. The molecular weight excluding hydrogens is 219 g/mol. The van der Waals surface area contributed by atoms with E-state index in [0.29, 0.717) is 12.1 Å². The number of rotatable bonds is 3. The van der Waals surface area contributed by atoms with Crippen LogP contribution < -0.4 is 10.5 Å². The molecule has 0 heterocycles. The maximum absolute atomic E-state index is 12.1. The normalized spacial score (nSPS) is 24.2. The number of hydrogen-bond acceptors (Lipinski definition) is 2. The Hall–Kier alpha value is -1.23. The highest BCUT2D eigenvalue weighted by atomic mass is 19.4. The van der Waals surface area contributed by atoms with Crippen LogP contribution in [0.25, 0.3) is 0 Å². The summed E-state index contributed by atoms with van der Waals surface area (Å²) in [4.78, 5) is 0. The minimum absolute atomic E-state index is 0.101. The fraction of sp³-hybridized carbons (Fsp3) is 0.455. The third-order valence-corrected chi connectivity index (χ3v) is 2.77. The van der Waals surface area contributed by atoms with Gasteiger partial charge in [-0.05, 0) is 36.4 Å². The average molecular weight is 231 g/mol. The molecule has 0 radical (unpaired) electrons. The molecule has 0 amide bonds. The van der Waals surface area contributed by atoms with Gasteiger partial charge < -0.3 is 10.5 Å². The molecular formula is C11H12F3NO. The Morgan fingerprint density at radius 3 is 2.56 bits per heavy atom. The number of para-hydroxylation sites is 1. The summed E-state index contributed by atoms with van der Waals surface area (Å²) < 4.78 is 40.4. The zero-order valence-electron chi connectivity index (χ0n) is 8.50. The Morgan fingerprint density at radius 2 is 2.00 bits per heavy atom. The van der Waals surface area contributed by atoms with Gasteiger partial charge in [0.2, 0.25) is 0 Å².